The maximum atomic E-state index is 6.21. The Hall–Kier alpha value is -7.62. The number of fused-ring (bicyclic) bond motifs is 6. The van der Waals surface area contributed by atoms with Crippen LogP contribution in [0.15, 0.2) is 223 Å². The van der Waals surface area contributed by atoms with Gasteiger partial charge in [0.1, 0.15) is 11.2 Å². The summed E-state index contributed by atoms with van der Waals surface area (Å²) in [4.78, 5) is 2.39. The van der Waals surface area contributed by atoms with E-state index in [2.05, 4.69) is 216 Å². The lowest BCUT2D eigenvalue weighted by atomic mass is 9.94. The quantitative estimate of drug-likeness (QED) is 0.163. The first-order chi connectivity index (χ1) is 28.3. The summed E-state index contributed by atoms with van der Waals surface area (Å²) in [6.45, 7) is 0. The van der Waals surface area contributed by atoms with Crippen molar-refractivity contribution in [1.82, 2.24) is 4.57 Å². The molecule has 9 aromatic carbocycles. The Morgan fingerprint density at radius 2 is 0.912 bits per heavy atom. The topological polar surface area (TPSA) is 21.3 Å². The zero-order valence-electron chi connectivity index (χ0n) is 31.1. The van der Waals surface area contributed by atoms with E-state index in [4.69, 9.17) is 4.42 Å². The van der Waals surface area contributed by atoms with Gasteiger partial charge in [0.05, 0.1) is 16.7 Å². The molecule has 3 heteroatoms. The molecule has 3 nitrogen and oxygen atoms in total. The van der Waals surface area contributed by atoms with E-state index < -0.39 is 0 Å². The summed E-state index contributed by atoms with van der Waals surface area (Å²) >= 11 is 0. The van der Waals surface area contributed by atoms with Crippen LogP contribution < -0.4 is 4.90 Å². The van der Waals surface area contributed by atoms with Gasteiger partial charge >= 0.3 is 0 Å². The van der Waals surface area contributed by atoms with Gasteiger partial charge < -0.3 is 13.9 Å². The molecular formula is C54H36N2O. The number of hydrogen-bond donors (Lipinski definition) is 0. The number of rotatable bonds is 7. The first-order valence-corrected chi connectivity index (χ1v) is 19.4. The molecule has 0 bridgehead atoms. The van der Waals surface area contributed by atoms with Crippen LogP contribution >= 0.6 is 0 Å². The highest BCUT2D eigenvalue weighted by Crippen LogP contribution is 2.44. The van der Waals surface area contributed by atoms with Crippen LogP contribution in [0.5, 0.6) is 0 Å². The highest BCUT2D eigenvalue weighted by Gasteiger charge is 2.21. The van der Waals surface area contributed by atoms with Gasteiger partial charge in [0.2, 0.25) is 0 Å². The van der Waals surface area contributed by atoms with Crippen LogP contribution in [0.3, 0.4) is 0 Å². The average molecular weight is 729 g/mol. The van der Waals surface area contributed by atoms with Crippen molar-refractivity contribution in [2.45, 2.75) is 0 Å². The second-order valence-corrected chi connectivity index (χ2v) is 14.5. The normalized spacial score (nSPS) is 11.5. The molecular weight excluding hydrogens is 693 g/mol. The maximum absolute atomic E-state index is 6.21. The summed E-state index contributed by atoms with van der Waals surface area (Å²) in [5.74, 6) is 0. The fourth-order valence-electron chi connectivity index (χ4n) is 8.58. The smallest absolute Gasteiger partial charge is 0.135 e. The SMILES string of the molecule is c1ccc(-c2ccccc2-c2ccc(-n3c4ccccc4c4ccc(N(c5ccccc5)c5ccccc5-c5ccc6oc7ccccc7c6c5)cc43)cc2)cc1. The van der Waals surface area contributed by atoms with Gasteiger partial charge in [-0.05, 0) is 94.5 Å². The third kappa shape index (κ3) is 5.60. The Morgan fingerprint density at radius 3 is 1.70 bits per heavy atom. The van der Waals surface area contributed by atoms with Gasteiger partial charge in [-0.2, -0.15) is 0 Å². The standard InChI is InChI=1S/C54H36N2O/c1-3-15-37(16-4-1)43-19-7-8-20-44(43)38-27-30-41(31-28-38)56-51-25-13-10-22-46(51)47-33-32-42(36-52(47)56)55(40-17-5-2-6-18-40)50-24-12-9-21-45(50)39-29-34-54-49(35-39)48-23-11-14-26-53(48)57-54/h1-36H. The zero-order valence-corrected chi connectivity index (χ0v) is 31.1. The number of aromatic nitrogens is 1. The molecule has 57 heavy (non-hydrogen) atoms. The van der Waals surface area contributed by atoms with Crippen molar-refractivity contribution in [1.29, 1.82) is 0 Å². The Labute approximate surface area is 330 Å². The summed E-state index contributed by atoms with van der Waals surface area (Å²) in [7, 11) is 0. The number of furan rings is 1. The summed E-state index contributed by atoms with van der Waals surface area (Å²) in [6, 6.07) is 78.2. The predicted octanol–water partition coefficient (Wildman–Crippen LogP) is 15.2. The molecule has 0 aliphatic carbocycles. The molecule has 0 N–H and O–H groups in total. The molecule has 2 heterocycles. The Balaban J connectivity index is 1.07. The molecule has 0 radical (unpaired) electrons. The Kier molecular flexibility index (Phi) is 7.82. The second kappa shape index (κ2) is 13.6. The molecule has 0 spiro atoms. The second-order valence-electron chi connectivity index (χ2n) is 14.5. The molecule has 0 atom stereocenters. The lowest BCUT2D eigenvalue weighted by molar-refractivity contribution is 0.669. The molecule has 0 unspecified atom stereocenters. The molecule has 0 saturated heterocycles. The lowest BCUT2D eigenvalue weighted by Gasteiger charge is -2.28. The van der Waals surface area contributed by atoms with Crippen LogP contribution in [0.1, 0.15) is 0 Å². The van der Waals surface area contributed by atoms with Crippen molar-refractivity contribution in [3.63, 3.8) is 0 Å². The number of hydrogen-bond acceptors (Lipinski definition) is 2. The Morgan fingerprint density at radius 1 is 0.333 bits per heavy atom. The number of nitrogens with zero attached hydrogens (tertiary/aromatic N) is 2. The van der Waals surface area contributed by atoms with Crippen LogP contribution in [-0.2, 0) is 0 Å². The molecule has 0 fully saturated rings. The van der Waals surface area contributed by atoms with Crippen LogP contribution in [0, 0.1) is 0 Å². The zero-order chi connectivity index (χ0) is 37.7. The minimum absolute atomic E-state index is 0.893. The Bertz CT molecular complexity index is 3230. The van der Waals surface area contributed by atoms with Gasteiger partial charge in [-0.1, -0.05) is 152 Å². The largest absolute Gasteiger partial charge is 0.456 e. The molecule has 0 amide bonds. The summed E-state index contributed by atoms with van der Waals surface area (Å²) in [5.41, 5.74) is 15.6. The van der Waals surface area contributed by atoms with E-state index >= 15 is 0 Å². The van der Waals surface area contributed by atoms with E-state index in [1.807, 2.05) is 12.1 Å². The van der Waals surface area contributed by atoms with Gasteiger partial charge in [-0.15, -0.1) is 0 Å². The van der Waals surface area contributed by atoms with Gasteiger partial charge in [0.15, 0.2) is 0 Å². The number of anilines is 3. The van der Waals surface area contributed by atoms with Crippen LogP contribution in [0.25, 0.3) is 82.8 Å². The van der Waals surface area contributed by atoms with E-state index in [1.54, 1.807) is 0 Å². The van der Waals surface area contributed by atoms with Gasteiger partial charge in [0, 0.05) is 44.2 Å². The minimum Gasteiger partial charge on any atom is -0.456 e. The fraction of sp³-hybridized carbons (Fsp3) is 0. The molecule has 0 aliphatic rings. The van der Waals surface area contributed by atoms with Crippen LogP contribution in [0.2, 0.25) is 0 Å². The van der Waals surface area contributed by atoms with Crippen LogP contribution in [0.4, 0.5) is 17.1 Å². The van der Waals surface area contributed by atoms with Crippen molar-refractivity contribution in [2.24, 2.45) is 0 Å². The number of benzene rings is 9. The summed E-state index contributed by atoms with van der Waals surface area (Å²) < 4.78 is 8.62. The third-order valence-electron chi connectivity index (χ3n) is 11.2. The minimum atomic E-state index is 0.893. The van der Waals surface area contributed by atoms with Crippen molar-refractivity contribution in [3.8, 4) is 39.1 Å². The molecule has 11 aromatic rings. The number of para-hydroxylation sites is 4. The van der Waals surface area contributed by atoms with Crippen LogP contribution in [-0.4, -0.2) is 4.57 Å². The monoisotopic (exact) mass is 728 g/mol. The lowest BCUT2D eigenvalue weighted by Crippen LogP contribution is -2.11. The van der Waals surface area contributed by atoms with Gasteiger partial charge in [-0.25, -0.2) is 0 Å². The van der Waals surface area contributed by atoms with Gasteiger partial charge in [-0.3, -0.25) is 0 Å². The predicted molar refractivity (Wildman–Crippen MR) is 239 cm³/mol. The van der Waals surface area contributed by atoms with E-state index in [0.29, 0.717) is 0 Å². The first-order valence-electron chi connectivity index (χ1n) is 19.4. The molecule has 0 aliphatic heterocycles. The van der Waals surface area contributed by atoms with E-state index in [1.165, 1.54) is 38.5 Å². The highest BCUT2D eigenvalue weighted by molar-refractivity contribution is 6.11. The maximum Gasteiger partial charge on any atom is 0.135 e. The molecule has 11 rings (SSSR count). The molecule has 268 valence electrons. The van der Waals surface area contributed by atoms with Crippen molar-refractivity contribution in [3.05, 3.63) is 218 Å². The van der Waals surface area contributed by atoms with E-state index in [0.717, 1.165) is 61.3 Å². The van der Waals surface area contributed by atoms with E-state index in [-0.39, 0.29) is 0 Å². The highest BCUT2D eigenvalue weighted by atomic mass is 16.3. The first kappa shape index (κ1) is 32.8. The fourth-order valence-corrected chi connectivity index (χ4v) is 8.58. The van der Waals surface area contributed by atoms with Gasteiger partial charge in [0.25, 0.3) is 0 Å². The summed E-state index contributed by atoms with van der Waals surface area (Å²) in [6.07, 6.45) is 0. The third-order valence-corrected chi connectivity index (χ3v) is 11.2. The molecule has 2 aromatic heterocycles. The summed E-state index contributed by atoms with van der Waals surface area (Å²) in [5, 5.41) is 4.68. The average Bonchev–Trinajstić information content (AvgIpc) is 3.82. The van der Waals surface area contributed by atoms with Crippen molar-refractivity contribution in [2.75, 3.05) is 4.90 Å². The van der Waals surface area contributed by atoms with E-state index in [9.17, 15) is 0 Å². The van der Waals surface area contributed by atoms with Crippen molar-refractivity contribution >= 4 is 60.8 Å². The molecule has 0 saturated carbocycles. The van der Waals surface area contributed by atoms with Crippen molar-refractivity contribution < 1.29 is 4.42 Å².